The van der Waals surface area contributed by atoms with Crippen LogP contribution in [0.1, 0.15) is 59.8 Å². The van der Waals surface area contributed by atoms with Gasteiger partial charge < -0.3 is 9.64 Å². The van der Waals surface area contributed by atoms with Crippen LogP contribution >= 0.6 is 0 Å². The Morgan fingerprint density at radius 3 is 2.70 bits per heavy atom. The molecule has 5 heteroatoms. The molecule has 2 aliphatic heterocycles. The molecule has 1 amide bonds. The fourth-order valence-electron chi connectivity index (χ4n) is 5.40. The van der Waals surface area contributed by atoms with Gasteiger partial charge in [0.25, 0.3) is 0 Å². The highest BCUT2D eigenvalue weighted by molar-refractivity contribution is 5.89. The molecule has 33 heavy (non-hydrogen) atoms. The molecule has 0 saturated carbocycles. The lowest BCUT2D eigenvalue weighted by Gasteiger charge is -2.40. The van der Waals surface area contributed by atoms with Gasteiger partial charge in [0.15, 0.2) is 0 Å². The Hall–Kier alpha value is -3.05. The number of benzene rings is 2. The van der Waals surface area contributed by atoms with Gasteiger partial charge in [0.2, 0.25) is 5.91 Å². The topological polar surface area (TPSA) is 55.3 Å². The van der Waals surface area contributed by atoms with Crippen molar-refractivity contribution in [3.05, 3.63) is 95.1 Å². The van der Waals surface area contributed by atoms with E-state index in [-0.39, 0.29) is 11.9 Å². The number of rotatable bonds is 5. The molecule has 5 nitrogen and oxygen atoms in total. The van der Waals surface area contributed by atoms with Crippen LogP contribution in [0.3, 0.4) is 0 Å². The quantitative estimate of drug-likeness (QED) is 0.571. The lowest BCUT2D eigenvalue weighted by atomic mass is 9.73. The van der Waals surface area contributed by atoms with Crippen LogP contribution in [0, 0.1) is 6.92 Å². The first-order valence-electron chi connectivity index (χ1n) is 12.0. The summed E-state index contributed by atoms with van der Waals surface area (Å²) in [7, 11) is 0. The Balaban J connectivity index is 1.42. The van der Waals surface area contributed by atoms with Gasteiger partial charge in [0, 0.05) is 32.4 Å². The molecule has 0 radical (unpaired) electrons. The average molecular weight is 442 g/mol. The zero-order valence-corrected chi connectivity index (χ0v) is 19.2. The average Bonchev–Trinajstić information content (AvgIpc) is 3.35. The van der Waals surface area contributed by atoms with E-state index in [0.29, 0.717) is 13.2 Å². The van der Waals surface area contributed by atoms with E-state index in [1.165, 1.54) is 11.1 Å². The molecule has 3 aromatic rings. The highest BCUT2D eigenvalue weighted by Gasteiger charge is 2.47. The molecule has 0 unspecified atom stereocenters. The summed E-state index contributed by atoms with van der Waals surface area (Å²) in [6, 6.07) is 18.7. The third kappa shape index (κ3) is 4.42. The monoisotopic (exact) mass is 441 g/mol. The molecule has 2 fully saturated rings. The van der Waals surface area contributed by atoms with Crippen LogP contribution in [-0.2, 0) is 21.4 Å². The van der Waals surface area contributed by atoms with Crippen molar-refractivity contribution in [1.82, 2.24) is 14.9 Å². The fraction of sp³-hybridized carbons (Fsp3) is 0.393. The number of aryl methyl sites for hydroxylation is 1. The highest BCUT2D eigenvalue weighted by Crippen LogP contribution is 2.41. The van der Waals surface area contributed by atoms with Gasteiger partial charge in [-0.25, -0.2) is 0 Å². The summed E-state index contributed by atoms with van der Waals surface area (Å²) < 4.78 is 5.66. The van der Waals surface area contributed by atoms with Crippen molar-refractivity contribution in [2.24, 2.45) is 0 Å². The van der Waals surface area contributed by atoms with Gasteiger partial charge in [-0.1, -0.05) is 60.2 Å². The molecule has 2 aliphatic rings. The summed E-state index contributed by atoms with van der Waals surface area (Å²) in [6.07, 6.45) is 7.79. The van der Waals surface area contributed by atoms with Gasteiger partial charge in [-0.05, 0) is 43.7 Å². The molecule has 0 aliphatic carbocycles. The minimum atomic E-state index is -0.519. The maximum Gasteiger partial charge on any atom is 0.233 e. The molecule has 1 atom stereocenters. The molecule has 1 aromatic heterocycles. The van der Waals surface area contributed by atoms with Gasteiger partial charge in [0.05, 0.1) is 29.0 Å². The first-order valence-corrected chi connectivity index (χ1v) is 12.0. The van der Waals surface area contributed by atoms with E-state index in [1.54, 1.807) is 0 Å². The van der Waals surface area contributed by atoms with Crippen LogP contribution < -0.4 is 0 Å². The van der Waals surface area contributed by atoms with Crippen molar-refractivity contribution in [2.45, 2.75) is 50.5 Å². The standard InChI is InChI=1S/C28H31N3O2/c1-21-7-5-8-22(17-21)18-24-19-29-20-25(30-24)26-11-6-14-31(26)27(32)28(12-15-33-16-13-28)23-9-3-2-4-10-23/h2-5,7-10,17,19-20,26H,6,11-16,18H2,1H3/t26-/m1/s1. The van der Waals surface area contributed by atoms with Gasteiger partial charge in [-0.3, -0.25) is 14.8 Å². The lowest BCUT2D eigenvalue weighted by Crippen LogP contribution is -2.49. The zero-order chi connectivity index (χ0) is 22.7. The van der Waals surface area contributed by atoms with Crippen molar-refractivity contribution >= 4 is 5.91 Å². The van der Waals surface area contributed by atoms with Crippen LogP contribution in [0.4, 0.5) is 0 Å². The van der Waals surface area contributed by atoms with Crippen molar-refractivity contribution in [3.8, 4) is 0 Å². The van der Waals surface area contributed by atoms with Crippen LogP contribution in [-0.4, -0.2) is 40.5 Å². The third-order valence-electron chi connectivity index (χ3n) is 7.11. The number of hydrogen-bond acceptors (Lipinski definition) is 4. The predicted octanol–water partition coefficient (Wildman–Crippen LogP) is 4.79. The van der Waals surface area contributed by atoms with Gasteiger partial charge in [-0.15, -0.1) is 0 Å². The first-order chi connectivity index (χ1) is 16.2. The van der Waals surface area contributed by atoms with E-state index in [1.807, 2.05) is 30.6 Å². The van der Waals surface area contributed by atoms with Crippen molar-refractivity contribution in [1.29, 1.82) is 0 Å². The minimum Gasteiger partial charge on any atom is -0.381 e. The molecule has 0 N–H and O–H groups in total. The third-order valence-corrected chi connectivity index (χ3v) is 7.11. The van der Waals surface area contributed by atoms with E-state index in [2.05, 4.69) is 53.2 Å². The van der Waals surface area contributed by atoms with Crippen LogP contribution in [0.25, 0.3) is 0 Å². The summed E-state index contributed by atoms with van der Waals surface area (Å²) >= 11 is 0. The summed E-state index contributed by atoms with van der Waals surface area (Å²) in [4.78, 5) is 25.7. The molecular weight excluding hydrogens is 410 g/mol. The van der Waals surface area contributed by atoms with Crippen molar-refractivity contribution < 1.29 is 9.53 Å². The molecule has 2 saturated heterocycles. The second-order valence-corrected chi connectivity index (χ2v) is 9.32. The Kier molecular flexibility index (Phi) is 6.23. The van der Waals surface area contributed by atoms with E-state index < -0.39 is 5.41 Å². The Bertz CT molecular complexity index is 1110. The molecular formula is C28H31N3O2. The van der Waals surface area contributed by atoms with Crippen molar-refractivity contribution in [2.75, 3.05) is 19.8 Å². The Morgan fingerprint density at radius 1 is 1.09 bits per heavy atom. The molecule has 5 rings (SSSR count). The van der Waals surface area contributed by atoms with E-state index >= 15 is 0 Å². The summed E-state index contributed by atoms with van der Waals surface area (Å²) in [6.45, 7) is 4.10. The van der Waals surface area contributed by atoms with Gasteiger partial charge in [-0.2, -0.15) is 0 Å². The van der Waals surface area contributed by atoms with Gasteiger partial charge in [0.1, 0.15) is 0 Å². The number of ether oxygens (including phenoxy) is 1. The summed E-state index contributed by atoms with van der Waals surface area (Å²) in [5.74, 6) is 0.213. The van der Waals surface area contributed by atoms with Crippen LogP contribution in [0.2, 0.25) is 0 Å². The fourth-order valence-corrected chi connectivity index (χ4v) is 5.40. The number of carbonyl (C=O) groups excluding carboxylic acids is 1. The Morgan fingerprint density at radius 2 is 1.91 bits per heavy atom. The number of aromatic nitrogens is 2. The number of nitrogens with zero attached hydrogens (tertiary/aromatic N) is 3. The second kappa shape index (κ2) is 9.44. The van der Waals surface area contributed by atoms with Crippen LogP contribution in [0.15, 0.2) is 67.0 Å². The summed E-state index contributed by atoms with van der Waals surface area (Å²) in [5, 5.41) is 0. The molecule has 0 spiro atoms. The predicted molar refractivity (Wildman–Crippen MR) is 128 cm³/mol. The number of hydrogen-bond donors (Lipinski definition) is 0. The number of likely N-dealkylation sites (tertiary alicyclic amines) is 1. The summed E-state index contributed by atoms with van der Waals surface area (Å²) in [5.41, 5.74) is 4.90. The maximum atomic E-state index is 14.1. The molecule has 170 valence electrons. The minimum absolute atomic E-state index is 0.0223. The maximum absolute atomic E-state index is 14.1. The zero-order valence-electron chi connectivity index (χ0n) is 19.2. The largest absolute Gasteiger partial charge is 0.381 e. The smallest absolute Gasteiger partial charge is 0.233 e. The number of carbonyl (C=O) groups is 1. The normalized spacial score (nSPS) is 20.0. The first kappa shape index (κ1) is 21.8. The SMILES string of the molecule is Cc1cccc(Cc2cncc([C@H]3CCCN3C(=O)C3(c4ccccc4)CCOCC3)n2)c1. The molecule has 3 heterocycles. The van der Waals surface area contributed by atoms with E-state index in [4.69, 9.17) is 9.72 Å². The Labute approximate surface area is 195 Å². The number of amides is 1. The van der Waals surface area contributed by atoms with E-state index in [9.17, 15) is 4.79 Å². The molecule has 2 aromatic carbocycles. The van der Waals surface area contributed by atoms with Crippen LogP contribution in [0.5, 0.6) is 0 Å². The van der Waals surface area contributed by atoms with E-state index in [0.717, 1.165) is 55.6 Å². The molecule has 0 bridgehead atoms. The highest BCUT2D eigenvalue weighted by atomic mass is 16.5. The van der Waals surface area contributed by atoms with Gasteiger partial charge >= 0.3 is 0 Å². The van der Waals surface area contributed by atoms with Crippen molar-refractivity contribution in [3.63, 3.8) is 0 Å². The second-order valence-electron chi connectivity index (χ2n) is 9.32. The lowest BCUT2D eigenvalue weighted by molar-refractivity contribution is -0.142.